The van der Waals surface area contributed by atoms with E-state index in [0.717, 1.165) is 11.8 Å². The lowest BCUT2D eigenvalue weighted by Gasteiger charge is -2.25. The quantitative estimate of drug-likeness (QED) is 0.541. The molecule has 0 aromatic rings. The van der Waals surface area contributed by atoms with Crippen molar-refractivity contribution < 1.29 is 28.7 Å². The summed E-state index contributed by atoms with van der Waals surface area (Å²) in [6.45, 7) is 1.76. The summed E-state index contributed by atoms with van der Waals surface area (Å²) in [5.74, 6) is -2.10. The number of hydrogen-bond donors (Lipinski definition) is 2. The SMILES string of the molecule is CNC(=O)O[C@@]1(C(=O)OC(=O)CSC(C)=O)CCCN1. The standard InChI is InChI=1S/C11H16N2O6S/c1-7(14)20-6-8(15)18-9(16)11(4-3-5-13-11)19-10(17)12-2/h13H,3-6H2,1-2H3,(H,12,17)/t11-/m1/s1. The number of alkyl carbamates (subject to hydrolysis) is 1. The van der Waals surface area contributed by atoms with Gasteiger partial charge in [0, 0.05) is 20.4 Å². The lowest BCUT2D eigenvalue weighted by Crippen LogP contribution is -2.54. The van der Waals surface area contributed by atoms with Gasteiger partial charge >= 0.3 is 18.0 Å². The van der Waals surface area contributed by atoms with Crippen LogP contribution in [0.5, 0.6) is 0 Å². The van der Waals surface area contributed by atoms with E-state index in [1.54, 1.807) is 0 Å². The molecule has 1 heterocycles. The molecule has 112 valence electrons. The Morgan fingerprint density at radius 3 is 2.55 bits per heavy atom. The van der Waals surface area contributed by atoms with Crippen LogP contribution in [0.4, 0.5) is 4.79 Å². The van der Waals surface area contributed by atoms with Crippen molar-refractivity contribution in [3.8, 4) is 0 Å². The first-order chi connectivity index (χ1) is 9.39. The number of rotatable bonds is 4. The fraction of sp³-hybridized carbons (Fsp3) is 0.636. The number of carbonyl (C=O) groups is 4. The molecular formula is C11H16N2O6S. The summed E-state index contributed by atoms with van der Waals surface area (Å²) in [5, 5.41) is 4.68. The van der Waals surface area contributed by atoms with Crippen LogP contribution in [0.3, 0.4) is 0 Å². The minimum Gasteiger partial charge on any atom is -0.416 e. The van der Waals surface area contributed by atoms with Crippen LogP contribution in [-0.4, -0.2) is 48.2 Å². The number of nitrogens with one attached hydrogen (secondary N) is 2. The lowest BCUT2D eigenvalue weighted by molar-refractivity contribution is -0.174. The Morgan fingerprint density at radius 1 is 1.35 bits per heavy atom. The number of thioether (sulfide) groups is 1. The molecule has 0 aromatic carbocycles. The summed E-state index contributed by atoms with van der Waals surface area (Å²) >= 11 is 0.735. The average molecular weight is 304 g/mol. The zero-order valence-corrected chi connectivity index (χ0v) is 12.0. The molecule has 0 aliphatic carbocycles. The average Bonchev–Trinajstić information content (AvgIpc) is 2.86. The van der Waals surface area contributed by atoms with Gasteiger partial charge in [0.25, 0.3) is 5.72 Å². The Morgan fingerprint density at radius 2 is 2.05 bits per heavy atom. The van der Waals surface area contributed by atoms with Gasteiger partial charge in [-0.05, 0) is 13.0 Å². The molecule has 0 bridgehead atoms. The van der Waals surface area contributed by atoms with Gasteiger partial charge in [0.15, 0.2) is 5.12 Å². The molecule has 0 radical (unpaired) electrons. The molecule has 1 saturated heterocycles. The highest BCUT2D eigenvalue weighted by Crippen LogP contribution is 2.23. The third-order valence-electron chi connectivity index (χ3n) is 2.52. The minimum absolute atomic E-state index is 0.215. The third kappa shape index (κ3) is 4.49. The molecule has 0 saturated carbocycles. The number of ether oxygens (including phenoxy) is 2. The third-order valence-corrected chi connectivity index (χ3v) is 3.30. The molecule has 1 atom stereocenters. The van der Waals surface area contributed by atoms with Crippen LogP contribution in [0.15, 0.2) is 0 Å². The second kappa shape index (κ2) is 7.25. The maximum absolute atomic E-state index is 12.0. The van der Waals surface area contributed by atoms with Crippen LogP contribution in [0.2, 0.25) is 0 Å². The molecule has 1 aliphatic rings. The van der Waals surface area contributed by atoms with E-state index >= 15 is 0 Å². The molecule has 8 nitrogen and oxygen atoms in total. The normalized spacial score (nSPS) is 21.1. The second-order valence-electron chi connectivity index (χ2n) is 4.04. The highest BCUT2D eigenvalue weighted by molar-refractivity contribution is 8.14. The first kappa shape index (κ1) is 16.4. The summed E-state index contributed by atoms with van der Waals surface area (Å²) in [6.07, 6.45) is 0.0106. The summed E-state index contributed by atoms with van der Waals surface area (Å²) in [4.78, 5) is 45.4. The van der Waals surface area contributed by atoms with Crippen molar-refractivity contribution in [2.45, 2.75) is 25.5 Å². The first-order valence-electron chi connectivity index (χ1n) is 5.94. The van der Waals surface area contributed by atoms with Crippen molar-refractivity contribution in [2.75, 3.05) is 19.3 Å². The summed E-state index contributed by atoms with van der Waals surface area (Å²) < 4.78 is 9.59. The van der Waals surface area contributed by atoms with Gasteiger partial charge in [-0.2, -0.15) is 0 Å². The van der Waals surface area contributed by atoms with Gasteiger partial charge in [-0.15, -0.1) is 0 Å². The molecule has 0 spiro atoms. The van der Waals surface area contributed by atoms with Crippen molar-refractivity contribution in [1.82, 2.24) is 10.6 Å². The Hall–Kier alpha value is -1.61. The van der Waals surface area contributed by atoms with E-state index in [9.17, 15) is 19.2 Å². The van der Waals surface area contributed by atoms with Crippen LogP contribution >= 0.6 is 11.8 Å². The smallest absolute Gasteiger partial charge is 0.409 e. The first-order valence-corrected chi connectivity index (χ1v) is 6.92. The molecular weight excluding hydrogens is 288 g/mol. The van der Waals surface area contributed by atoms with E-state index in [2.05, 4.69) is 15.4 Å². The van der Waals surface area contributed by atoms with Crippen molar-refractivity contribution in [2.24, 2.45) is 0 Å². The Kier molecular flexibility index (Phi) is 5.96. The predicted octanol–water partition coefficient (Wildman–Crippen LogP) is -0.228. The topological polar surface area (TPSA) is 111 Å². The lowest BCUT2D eigenvalue weighted by atomic mass is 10.1. The molecule has 0 unspecified atom stereocenters. The largest absolute Gasteiger partial charge is 0.416 e. The number of carbonyl (C=O) groups excluding carboxylic acids is 4. The maximum Gasteiger partial charge on any atom is 0.409 e. The van der Waals surface area contributed by atoms with E-state index in [1.165, 1.54) is 14.0 Å². The van der Waals surface area contributed by atoms with E-state index in [1.807, 2.05) is 0 Å². The molecule has 1 rings (SSSR count). The Bertz CT molecular complexity index is 419. The van der Waals surface area contributed by atoms with Crippen LogP contribution in [0.25, 0.3) is 0 Å². The molecule has 2 N–H and O–H groups in total. The van der Waals surface area contributed by atoms with Crippen molar-refractivity contribution in [1.29, 1.82) is 0 Å². The van der Waals surface area contributed by atoms with Gasteiger partial charge < -0.3 is 14.8 Å². The minimum atomic E-state index is -1.64. The van der Waals surface area contributed by atoms with Gasteiger partial charge in [0.1, 0.15) is 0 Å². The monoisotopic (exact) mass is 304 g/mol. The van der Waals surface area contributed by atoms with Gasteiger partial charge in [-0.1, -0.05) is 11.8 Å². The van der Waals surface area contributed by atoms with Crippen LogP contribution < -0.4 is 10.6 Å². The van der Waals surface area contributed by atoms with Gasteiger partial charge in [-0.25, -0.2) is 9.59 Å². The van der Waals surface area contributed by atoms with E-state index in [-0.39, 0.29) is 17.3 Å². The van der Waals surface area contributed by atoms with Gasteiger partial charge in [0.2, 0.25) is 0 Å². The summed E-state index contributed by atoms with van der Waals surface area (Å²) in [6, 6.07) is 0. The van der Waals surface area contributed by atoms with Gasteiger partial charge in [0.05, 0.1) is 5.75 Å². The maximum atomic E-state index is 12.0. The van der Waals surface area contributed by atoms with E-state index < -0.39 is 23.8 Å². The van der Waals surface area contributed by atoms with Crippen LogP contribution in [0, 0.1) is 0 Å². The molecule has 9 heteroatoms. The van der Waals surface area contributed by atoms with Crippen molar-refractivity contribution in [3.05, 3.63) is 0 Å². The van der Waals surface area contributed by atoms with Crippen LogP contribution in [0.1, 0.15) is 19.8 Å². The predicted molar refractivity (Wildman–Crippen MR) is 69.7 cm³/mol. The zero-order chi connectivity index (χ0) is 15.2. The van der Waals surface area contributed by atoms with Crippen molar-refractivity contribution in [3.63, 3.8) is 0 Å². The van der Waals surface area contributed by atoms with Crippen LogP contribution in [-0.2, 0) is 23.9 Å². The number of hydrogen-bond acceptors (Lipinski definition) is 8. The zero-order valence-electron chi connectivity index (χ0n) is 11.2. The Balaban J connectivity index is 2.63. The fourth-order valence-electron chi connectivity index (χ4n) is 1.60. The highest BCUT2D eigenvalue weighted by atomic mass is 32.2. The van der Waals surface area contributed by atoms with Gasteiger partial charge in [-0.3, -0.25) is 14.9 Å². The second-order valence-corrected chi connectivity index (χ2v) is 5.19. The summed E-state index contributed by atoms with van der Waals surface area (Å²) in [5.41, 5.74) is -1.64. The molecule has 1 fully saturated rings. The highest BCUT2D eigenvalue weighted by Gasteiger charge is 2.47. The van der Waals surface area contributed by atoms with Crippen molar-refractivity contribution >= 4 is 34.9 Å². The fourth-order valence-corrected chi connectivity index (χ4v) is 1.98. The number of esters is 2. The molecule has 1 amide bonds. The molecule has 0 aromatic heterocycles. The molecule has 1 aliphatic heterocycles. The summed E-state index contributed by atoms with van der Waals surface area (Å²) in [7, 11) is 1.35. The van der Waals surface area contributed by atoms with E-state index in [4.69, 9.17) is 4.74 Å². The molecule has 20 heavy (non-hydrogen) atoms. The Labute approximate surface area is 119 Å². The number of amides is 1. The van der Waals surface area contributed by atoms with E-state index in [0.29, 0.717) is 13.0 Å².